The summed E-state index contributed by atoms with van der Waals surface area (Å²) in [6, 6.07) is 15.4. The number of nitrogens with one attached hydrogen (secondary N) is 1. The number of anilines is 1. The molecule has 0 aliphatic heterocycles. The minimum absolute atomic E-state index is 0.116. The zero-order valence-electron chi connectivity index (χ0n) is 19.4. The first-order valence-electron chi connectivity index (χ1n) is 10.7. The average Bonchev–Trinajstić information content (AvgIpc) is 3.42. The molecule has 10 heteroatoms. The lowest BCUT2D eigenvalue weighted by Crippen LogP contribution is -2.16. The molecule has 0 bridgehead atoms. The van der Waals surface area contributed by atoms with Crippen LogP contribution in [0.15, 0.2) is 59.1 Å². The maximum absolute atomic E-state index is 12.7. The molecule has 0 spiro atoms. The number of ether oxygens (including phenoxy) is 1. The molecular weight excluding hydrogens is 504 g/mol. The number of methoxy groups -OCH3 is 1. The van der Waals surface area contributed by atoms with Crippen LogP contribution in [0.1, 0.15) is 27.3 Å². The van der Waals surface area contributed by atoms with Crippen LogP contribution in [0.5, 0.6) is 0 Å². The Kier molecular flexibility index (Phi) is 7.90. The summed E-state index contributed by atoms with van der Waals surface area (Å²) in [5, 5.41) is 14.9. The molecule has 0 saturated heterocycles. The highest BCUT2D eigenvalue weighted by molar-refractivity contribution is 7.99. The minimum atomic E-state index is -0.495. The van der Waals surface area contributed by atoms with Gasteiger partial charge in [0.2, 0.25) is 5.91 Å². The van der Waals surface area contributed by atoms with Crippen molar-refractivity contribution in [3.05, 3.63) is 81.4 Å². The molecule has 1 N–H and O–H groups in total. The van der Waals surface area contributed by atoms with Crippen LogP contribution in [0, 0.1) is 6.92 Å². The van der Waals surface area contributed by atoms with Gasteiger partial charge in [0.25, 0.3) is 0 Å². The van der Waals surface area contributed by atoms with E-state index in [1.165, 1.54) is 30.2 Å². The van der Waals surface area contributed by atoms with Gasteiger partial charge in [0.05, 0.1) is 12.9 Å². The summed E-state index contributed by atoms with van der Waals surface area (Å²) in [5.74, 6) is 0.152. The molecule has 0 atom stereocenters. The predicted octanol–water partition coefficient (Wildman–Crippen LogP) is 5.61. The van der Waals surface area contributed by atoms with Gasteiger partial charge in [0.1, 0.15) is 16.4 Å². The lowest BCUT2D eigenvalue weighted by atomic mass is 10.0. The third-order valence-corrected chi connectivity index (χ3v) is 7.50. The van der Waals surface area contributed by atoms with E-state index in [0.717, 1.165) is 28.1 Å². The van der Waals surface area contributed by atoms with Gasteiger partial charge in [-0.15, -0.1) is 21.5 Å². The van der Waals surface area contributed by atoms with Crippen LogP contribution in [0.3, 0.4) is 0 Å². The maximum Gasteiger partial charge on any atom is 0.341 e. The van der Waals surface area contributed by atoms with Crippen molar-refractivity contribution in [2.75, 3.05) is 18.2 Å². The fourth-order valence-electron chi connectivity index (χ4n) is 3.40. The third-order valence-electron chi connectivity index (χ3n) is 5.33. The number of aromatic nitrogens is 3. The third kappa shape index (κ3) is 5.93. The number of carbonyl (C=O) groups excluding carboxylic acids is 2. The second kappa shape index (κ2) is 11.1. The largest absolute Gasteiger partial charge is 0.465 e. The van der Waals surface area contributed by atoms with Crippen molar-refractivity contribution in [3.8, 4) is 11.1 Å². The first-order chi connectivity index (χ1) is 16.9. The molecule has 4 aromatic rings. The lowest BCUT2D eigenvalue weighted by Gasteiger charge is -2.08. The number of carbonyl (C=O) groups is 2. The van der Waals surface area contributed by atoms with Gasteiger partial charge in [0.15, 0.2) is 5.16 Å². The predicted molar refractivity (Wildman–Crippen MR) is 140 cm³/mol. The Morgan fingerprint density at radius 3 is 2.51 bits per heavy atom. The first kappa shape index (κ1) is 25.0. The number of nitrogens with zero attached hydrogens (tertiary/aromatic N) is 3. The van der Waals surface area contributed by atoms with E-state index in [9.17, 15) is 9.59 Å². The van der Waals surface area contributed by atoms with E-state index in [1.54, 1.807) is 0 Å². The van der Waals surface area contributed by atoms with Gasteiger partial charge in [-0.25, -0.2) is 4.79 Å². The van der Waals surface area contributed by atoms with E-state index in [1.807, 2.05) is 72.4 Å². The molecule has 0 fully saturated rings. The van der Waals surface area contributed by atoms with E-state index < -0.39 is 5.97 Å². The van der Waals surface area contributed by atoms with Gasteiger partial charge < -0.3 is 14.6 Å². The lowest BCUT2D eigenvalue weighted by molar-refractivity contribution is -0.113. The van der Waals surface area contributed by atoms with Crippen molar-refractivity contribution in [1.29, 1.82) is 0 Å². The fraction of sp³-hybridized carbons (Fsp3) is 0.200. The Hall–Kier alpha value is -3.14. The van der Waals surface area contributed by atoms with E-state index in [4.69, 9.17) is 16.3 Å². The summed E-state index contributed by atoms with van der Waals surface area (Å²) in [6.45, 7) is 2.00. The number of halogens is 1. The Labute approximate surface area is 216 Å². The summed E-state index contributed by atoms with van der Waals surface area (Å²) in [7, 11) is 3.20. The van der Waals surface area contributed by atoms with E-state index in [0.29, 0.717) is 27.2 Å². The summed E-state index contributed by atoms with van der Waals surface area (Å²) in [6.07, 6.45) is 0.604. The molecule has 7 nitrogen and oxygen atoms in total. The summed E-state index contributed by atoms with van der Waals surface area (Å²) >= 11 is 8.52. The molecule has 2 aromatic carbocycles. The van der Waals surface area contributed by atoms with Gasteiger partial charge in [-0.05, 0) is 30.2 Å². The second-order valence-corrected chi connectivity index (χ2v) is 10.1. The summed E-state index contributed by atoms with van der Waals surface area (Å²) in [5.41, 5.74) is 4.15. The molecule has 0 saturated carbocycles. The van der Waals surface area contributed by atoms with Crippen LogP contribution < -0.4 is 5.32 Å². The van der Waals surface area contributed by atoms with E-state index in [2.05, 4.69) is 15.5 Å². The van der Waals surface area contributed by atoms with Crippen LogP contribution in [0.25, 0.3) is 11.1 Å². The zero-order valence-corrected chi connectivity index (χ0v) is 21.8. The normalized spacial score (nSPS) is 10.9. The Bertz CT molecular complexity index is 1350. The Morgan fingerprint density at radius 2 is 1.83 bits per heavy atom. The van der Waals surface area contributed by atoms with Crippen molar-refractivity contribution in [2.24, 2.45) is 7.05 Å². The second-order valence-electron chi connectivity index (χ2n) is 7.81. The first-order valence-corrected chi connectivity index (χ1v) is 12.9. The quantitative estimate of drug-likeness (QED) is 0.237. The van der Waals surface area contributed by atoms with Crippen LogP contribution in [0.2, 0.25) is 5.02 Å². The van der Waals surface area contributed by atoms with Crippen molar-refractivity contribution < 1.29 is 14.3 Å². The average molecular weight is 527 g/mol. The molecule has 1 amide bonds. The Balaban J connectivity index is 1.43. The van der Waals surface area contributed by atoms with Gasteiger partial charge in [-0.3, -0.25) is 4.79 Å². The molecule has 0 aliphatic rings. The molecular formula is C25H23ClN4O3S2. The van der Waals surface area contributed by atoms with Crippen molar-refractivity contribution in [2.45, 2.75) is 18.5 Å². The van der Waals surface area contributed by atoms with Gasteiger partial charge >= 0.3 is 5.97 Å². The number of benzene rings is 2. The van der Waals surface area contributed by atoms with E-state index in [-0.39, 0.29) is 11.7 Å². The highest BCUT2D eigenvalue weighted by Crippen LogP contribution is 2.36. The summed E-state index contributed by atoms with van der Waals surface area (Å²) in [4.78, 5) is 25.3. The number of rotatable bonds is 8. The standard InChI is InChI=1S/C25H23ClN4O3S2/c1-15-4-8-17(9-5-15)19-13-34-23(22(19)24(32)33-3)27-21(31)14-35-25-29-28-20(30(25)2)12-16-6-10-18(26)11-7-16/h4-11,13H,12,14H2,1-3H3,(H,27,31). The summed E-state index contributed by atoms with van der Waals surface area (Å²) < 4.78 is 6.86. The highest BCUT2D eigenvalue weighted by Gasteiger charge is 2.22. The van der Waals surface area contributed by atoms with Gasteiger partial charge in [-0.1, -0.05) is 65.3 Å². The molecule has 0 aliphatic carbocycles. The topological polar surface area (TPSA) is 86.1 Å². The number of thiophene rings is 1. The smallest absolute Gasteiger partial charge is 0.341 e. The number of amides is 1. The molecule has 35 heavy (non-hydrogen) atoms. The highest BCUT2D eigenvalue weighted by atomic mass is 35.5. The molecule has 4 rings (SSSR count). The van der Waals surface area contributed by atoms with Crippen LogP contribution in [-0.2, 0) is 23.0 Å². The number of aryl methyl sites for hydroxylation is 1. The molecule has 2 heterocycles. The van der Waals surface area contributed by atoms with Crippen molar-refractivity contribution >= 4 is 51.6 Å². The molecule has 180 valence electrons. The molecule has 2 aromatic heterocycles. The number of hydrogen-bond donors (Lipinski definition) is 1. The van der Waals surface area contributed by atoms with Crippen LogP contribution in [-0.4, -0.2) is 39.5 Å². The van der Waals surface area contributed by atoms with Gasteiger partial charge in [-0.2, -0.15) is 0 Å². The minimum Gasteiger partial charge on any atom is -0.465 e. The van der Waals surface area contributed by atoms with Crippen LogP contribution >= 0.6 is 34.7 Å². The molecule has 0 radical (unpaired) electrons. The Morgan fingerprint density at radius 1 is 1.11 bits per heavy atom. The monoisotopic (exact) mass is 526 g/mol. The number of esters is 1. The maximum atomic E-state index is 12.7. The number of thioether (sulfide) groups is 1. The fourth-order valence-corrected chi connectivity index (χ4v) is 5.23. The number of hydrogen-bond acceptors (Lipinski definition) is 7. The van der Waals surface area contributed by atoms with Gasteiger partial charge in [0, 0.05) is 29.4 Å². The van der Waals surface area contributed by atoms with Crippen molar-refractivity contribution in [1.82, 2.24) is 14.8 Å². The zero-order chi connectivity index (χ0) is 24.9. The molecule has 0 unspecified atom stereocenters. The van der Waals surface area contributed by atoms with Crippen LogP contribution in [0.4, 0.5) is 5.00 Å². The SMILES string of the molecule is COC(=O)c1c(-c2ccc(C)cc2)csc1NC(=O)CSc1nnc(Cc2ccc(Cl)cc2)n1C. The van der Waals surface area contributed by atoms with E-state index >= 15 is 0 Å². The van der Waals surface area contributed by atoms with Crippen molar-refractivity contribution in [3.63, 3.8) is 0 Å².